The number of allylic oxidation sites excluding steroid dienone is 1. The second-order valence-electron chi connectivity index (χ2n) is 4.79. The lowest BCUT2D eigenvalue weighted by Gasteiger charge is -2.19. The molecule has 2 nitrogen and oxygen atoms in total. The Labute approximate surface area is 103 Å². The summed E-state index contributed by atoms with van der Waals surface area (Å²) in [6, 6.07) is 8.11. The summed E-state index contributed by atoms with van der Waals surface area (Å²) in [5.74, 6) is 0.492. The number of ketones is 1. The average Bonchev–Trinajstić information content (AvgIpc) is 2.33. The highest BCUT2D eigenvalue weighted by atomic mass is 16.1. The Hall–Kier alpha value is -1.57. The smallest absolute Gasteiger partial charge is 0.163 e. The van der Waals surface area contributed by atoms with Gasteiger partial charge in [-0.15, -0.1) is 0 Å². The van der Waals surface area contributed by atoms with E-state index in [4.69, 9.17) is 0 Å². The third kappa shape index (κ3) is 2.76. The first kappa shape index (κ1) is 11.9. The summed E-state index contributed by atoms with van der Waals surface area (Å²) in [6.07, 6.45) is 4.94. The summed E-state index contributed by atoms with van der Waals surface area (Å²) in [5.41, 5.74) is 3.21. The number of carbonyl (C=O) groups is 1. The molecule has 1 aromatic carbocycles. The van der Waals surface area contributed by atoms with E-state index in [9.17, 15) is 4.79 Å². The SMILES string of the molecule is Cc1ccccc1N/C=C1/CCC[C@H](C)C1=O. The van der Waals surface area contributed by atoms with E-state index in [2.05, 4.69) is 18.3 Å². The summed E-state index contributed by atoms with van der Waals surface area (Å²) in [5, 5.41) is 3.25. The largest absolute Gasteiger partial charge is 0.361 e. The summed E-state index contributed by atoms with van der Waals surface area (Å²) in [4.78, 5) is 11.9. The average molecular weight is 229 g/mol. The molecule has 0 saturated heterocycles. The van der Waals surface area contributed by atoms with E-state index in [0.29, 0.717) is 5.78 Å². The summed E-state index contributed by atoms with van der Waals surface area (Å²) < 4.78 is 0. The highest BCUT2D eigenvalue weighted by Crippen LogP contribution is 2.25. The van der Waals surface area contributed by atoms with Gasteiger partial charge in [-0.25, -0.2) is 0 Å². The minimum absolute atomic E-state index is 0.189. The lowest BCUT2D eigenvalue weighted by atomic mass is 9.86. The fourth-order valence-corrected chi connectivity index (χ4v) is 2.21. The van der Waals surface area contributed by atoms with Crippen LogP contribution in [0.4, 0.5) is 5.69 Å². The number of nitrogens with one attached hydrogen (secondary N) is 1. The highest BCUT2D eigenvalue weighted by molar-refractivity contribution is 5.97. The van der Waals surface area contributed by atoms with Crippen LogP contribution in [0.15, 0.2) is 36.0 Å². The van der Waals surface area contributed by atoms with Gasteiger partial charge in [-0.05, 0) is 37.8 Å². The van der Waals surface area contributed by atoms with Crippen molar-refractivity contribution in [3.63, 3.8) is 0 Å². The molecule has 1 atom stereocenters. The van der Waals surface area contributed by atoms with Crippen LogP contribution in [0, 0.1) is 12.8 Å². The Morgan fingerprint density at radius 2 is 2.12 bits per heavy atom. The van der Waals surface area contributed by atoms with Crippen molar-refractivity contribution in [2.45, 2.75) is 33.1 Å². The normalized spacial score (nSPS) is 22.8. The second-order valence-corrected chi connectivity index (χ2v) is 4.79. The molecule has 0 aliphatic heterocycles. The first-order valence-corrected chi connectivity index (χ1v) is 6.24. The molecule has 1 N–H and O–H groups in total. The molecule has 0 aromatic heterocycles. The van der Waals surface area contributed by atoms with Crippen molar-refractivity contribution in [3.8, 4) is 0 Å². The third-order valence-electron chi connectivity index (χ3n) is 3.39. The van der Waals surface area contributed by atoms with Gasteiger partial charge in [-0.1, -0.05) is 25.1 Å². The number of carbonyl (C=O) groups excluding carboxylic acids is 1. The molecule has 0 heterocycles. The zero-order valence-electron chi connectivity index (χ0n) is 10.5. The van der Waals surface area contributed by atoms with E-state index in [1.54, 1.807) is 0 Å². The number of rotatable bonds is 2. The van der Waals surface area contributed by atoms with Crippen LogP contribution in [0.5, 0.6) is 0 Å². The molecule has 2 heteroatoms. The lowest BCUT2D eigenvalue weighted by Crippen LogP contribution is -2.19. The molecule has 0 radical (unpaired) electrons. The molecule has 0 spiro atoms. The number of benzene rings is 1. The van der Waals surface area contributed by atoms with Gasteiger partial charge in [0.2, 0.25) is 0 Å². The van der Waals surface area contributed by atoms with Crippen LogP contribution in [0.1, 0.15) is 31.7 Å². The molecule has 2 rings (SSSR count). The number of anilines is 1. The third-order valence-corrected chi connectivity index (χ3v) is 3.39. The van der Waals surface area contributed by atoms with Gasteiger partial charge >= 0.3 is 0 Å². The van der Waals surface area contributed by atoms with Gasteiger partial charge < -0.3 is 5.32 Å². The zero-order chi connectivity index (χ0) is 12.3. The number of hydrogen-bond acceptors (Lipinski definition) is 2. The number of Topliss-reactive ketones (excluding diaryl/α,β-unsaturated/α-hetero) is 1. The fraction of sp³-hybridized carbons (Fsp3) is 0.400. The van der Waals surface area contributed by atoms with Gasteiger partial charge in [-0.3, -0.25) is 4.79 Å². The molecule has 1 aliphatic rings. The zero-order valence-corrected chi connectivity index (χ0v) is 10.5. The van der Waals surface area contributed by atoms with E-state index in [1.807, 2.05) is 31.3 Å². The predicted octanol–water partition coefficient (Wildman–Crippen LogP) is 3.68. The minimum Gasteiger partial charge on any atom is -0.361 e. The Balaban J connectivity index is 2.10. The maximum atomic E-state index is 11.9. The van der Waals surface area contributed by atoms with Gasteiger partial charge in [0.15, 0.2) is 5.78 Å². The Morgan fingerprint density at radius 1 is 1.35 bits per heavy atom. The lowest BCUT2D eigenvalue weighted by molar-refractivity contribution is -0.119. The van der Waals surface area contributed by atoms with Crippen molar-refractivity contribution in [3.05, 3.63) is 41.6 Å². The molecule has 1 fully saturated rings. The van der Waals surface area contributed by atoms with Crippen LogP contribution < -0.4 is 5.32 Å². The van der Waals surface area contributed by atoms with Gasteiger partial charge in [0.25, 0.3) is 0 Å². The highest BCUT2D eigenvalue weighted by Gasteiger charge is 2.22. The van der Waals surface area contributed by atoms with Gasteiger partial charge in [0.1, 0.15) is 0 Å². The predicted molar refractivity (Wildman–Crippen MR) is 70.9 cm³/mol. The van der Waals surface area contributed by atoms with Crippen molar-refractivity contribution >= 4 is 11.5 Å². The van der Waals surface area contributed by atoms with E-state index in [0.717, 1.165) is 30.5 Å². The molecule has 0 amide bonds. The Bertz CT molecular complexity index is 448. The second kappa shape index (κ2) is 5.17. The first-order valence-electron chi connectivity index (χ1n) is 6.24. The van der Waals surface area contributed by atoms with Crippen molar-refractivity contribution in [1.29, 1.82) is 0 Å². The number of para-hydroxylation sites is 1. The van der Waals surface area contributed by atoms with Crippen LogP contribution in [-0.4, -0.2) is 5.78 Å². The molecule has 1 aliphatic carbocycles. The molecule has 1 saturated carbocycles. The summed E-state index contributed by atoms with van der Waals surface area (Å²) >= 11 is 0. The fourth-order valence-electron chi connectivity index (χ4n) is 2.21. The first-order chi connectivity index (χ1) is 8.18. The Morgan fingerprint density at radius 3 is 2.88 bits per heavy atom. The molecule has 17 heavy (non-hydrogen) atoms. The maximum absolute atomic E-state index is 11.9. The van der Waals surface area contributed by atoms with Gasteiger partial charge in [0.05, 0.1) is 0 Å². The number of aryl methyl sites for hydroxylation is 1. The van der Waals surface area contributed by atoms with Crippen molar-refractivity contribution in [1.82, 2.24) is 0 Å². The van der Waals surface area contributed by atoms with Crippen LogP contribution in [0.2, 0.25) is 0 Å². The standard InChI is InChI=1S/C15H19NO/c1-11-6-3-4-9-14(11)16-10-13-8-5-7-12(2)15(13)17/h3-4,6,9-10,12,16H,5,7-8H2,1-2H3/b13-10-/t12-/m0/s1. The molecule has 0 bridgehead atoms. The van der Waals surface area contributed by atoms with E-state index >= 15 is 0 Å². The van der Waals surface area contributed by atoms with E-state index in [-0.39, 0.29) is 5.92 Å². The van der Waals surface area contributed by atoms with Gasteiger partial charge in [-0.2, -0.15) is 0 Å². The van der Waals surface area contributed by atoms with Gasteiger partial charge in [0, 0.05) is 23.4 Å². The molecule has 0 unspecified atom stereocenters. The summed E-state index contributed by atoms with van der Waals surface area (Å²) in [6.45, 7) is 4.08. The molecule has 90 valence electrons. The quantitative estimate of drug-likeness (QED) is 0.784. The minimum atomic E-state index is 0.189. The van der Waals surface area contributed by atoms with Crippen LogP contribution >= 0.6 is 0 Å². The maximum Gasteiger partial charge on any atom is 0.163 e. The monoisotopic (exact) mass is 229 g/mol. The molecular formula is C15H19NO. The Kier molecular flexibility index (Phi) is 3.62. The summed E-state index contributed by atoms with van der Waals surface area (Å²) in [7, 11) is 0. The van der Waals surface area contributed by atoms with Crippen LogP contribution in [0.25, 0.3) is 0 Å². The van der Waals surface area contributed by atoms with E-state index in [1.165, 1.54) is 5.56 Å². The molecule has 1 aromatic rings. The topological polar surface area (TPSA) is 29.1 Å². The molecular weight excluding hydrogens is 210 g/mol. The van der Waals surface area contributed by atoms with Crippen molar-refractivity contribution < 1.29 is 4.79 Å². The van der Waals surface area contributed by atoms with Crippen molar-refractivity contribution in [2.24, 2.45) is 5.92 Å². The van der Waals surface area contributed by atoms with Crippen LogP contribution in [-0.2, 0) is 4.79 Å². The van der Waals surface area contributed by atoms with E-state index < -0.39 is 0 Å². The van der Waals surface area contributed by atoms with Crippen LogP contribution in [0.3, 0.4) is 0 Å². The van der Waals surface area contributed by atoms with Crippen molar-refractivity contribution in [2.75, 3.05) is 5.32 Å². The number of hydrogen-bond donors (Lipinski definition) is 1.